The molecule has 0 heterocycles. The topological polar surface area (TPSA) is 29.4 Å². The van der Waals surface area contributed by atoms with E-state index in [1.54, 1.807) is 12.5 Å². The SMILES string of the molecule is CS(C)(=O)=NBr. The van der Waals surface area contributed by atoms with Gasteiger partial charge in [-0.25, -0.2) is 4.21 Å². The summed E-state index contributed by atoms with van der Waals surface area (Å²) in [5.41, 5.74) is 0. The zero-order valence-electron chi connectivity index (χ0n) is 3.64. The average Bonchev–Trinajstić information content (AvgIpc) is 1.35. The van der Waals surface area contributed by atoms with Gasteiger partial charge in [-0.15, -0.1) is 0 Å². The van der Waals surface area contributed by atoms with Crippen LogP contribution in [-0.2, 0) is 9.73 Å². The minimum Gasteiger partial charge on any atom is -0.249 e. The average molecular weight is 172 g/mol. The monoisotopic (exact) mass is 171 g/mol. The second-order valence-electron chi connectivity index (χ2n) is 1.25. The van der Waals surface area contributed by atoms with Gasteiger partial charge in [-0.2, -0.15) is 3.39 Å². The van der Waals surface area contributed by atoms with Gasteiger partial charge in [-0.1, -0.05) is 0 Å². The Balaban J connectivity index is 4.24. The molecule has 0 aliphatic heterocycles. The zero-order valence-corrected chi connectivity index (χ0v) is 6.04. The molecule has 6 heavy (non-hydrogen) atoms. The molecule has 0 saturated heterocycles. The Morgan fingerprint density at radius 1 is 1.67 bits per heavy atom. The summed E-state index contributed by atoms with van der Waals surface area (Å²) in [5, 5.41) is 0. The molecule has 0 fully saturated rings. The number of hydrogen-bond acceptors (Lipinski definition) is 2. The highest BCUT2D eigenvalue weighted by Gasteiger charge is 1.79. The van der Waals surface area contributed by atoms with E-state index in [2.05, 4.69) is 19.5 Å². The van der Waals surface area contributed by atoms with Crippen LogP contribution in [0.1, 0.15) is 0 Å². The van der Waals surface area contributed by atoms with E-state index in [9.17, 15) is 4.21 Å². The molecule has 0 amide bonds. The van der Waals surface area contributed by atoms with Gasteiger partial charge in [0.05, 0.1) is 25.9 Å². The Morgan fingerprint density at radius 2 is 1.83 bits per heavy atom. The van der Waals surface area contributed by atoms with E-state index >= 15 is 0 Å². The molecule has 2 nitrogen and oxygen atoms in total. The largest absolute Gasteiger partial charge is 0.249 e. The second-order valence-corrected chi connectivity index (χ2v) is 4.62. The standard InChI is InChI=1S/C2H6BrNOS/c1-6(2,5)4-3/h1-2H3. The molecule has 0 N–H and O–H groups in total. The lowest BCUT2D eigenvalue weighted by Crippen LogP contribution is -1.85. The summed E-state index contributed by atoms with van der Waals surface area (Å²) >= 11 is 2.72. The Labute approximate surface area is 46.5 Å². The molecule has 4 heteroatoms. The van der Waals surface area contributed by atoms with E-state index in [1.807, 2.05) is 0 Å². The maximum absolute atomic E-state index is 10.3. The smallest absolute Gasteiger partial charge is 0.0849 e. The molecular formula is C2H6BrNOS. The maximum atomic E-state index is 10.3. The fourth-order valence-electron chi connectivity index (χ4n) is 0. The highest BCUT2D eigenvalue weighted by atomic mass is 79.9. The van der Waals surface area contributed by atoms with Crippen molar-refractivity contribution >= 4 is 25.9 Å². The van der Waals surface area contributed by atoms with Crippen LogP contribution in [0.25, 0.3) is 0 Å². The lowest BCUT2D eigenvalue weighted by Gasteiger charge is -1.81. The number of hydrogen-bond donors (Lipinski definition) is 0. The van der Waals surface area contributed by atoms with Gasteiger partial charge < -0.3 is 0 Å². The summed E-state index contributed by atoms with van der Waals surface area (Å²) in [6.07, 6.45) is 3.11. The summed E-state index contributed by atoms with van der Waals surface area (Å²) in [4.78, 5) is 0. The van der Waals surface area contributed by atoms with Crippen LogP contribution in [0, 0.1) is 0 Å². The fraction of sp³-hybridized carbons (Fsp3) is 1.00. The second kappa shape index (κ2) is 1.93. The quantitative estimate of drug-likeness (QED) is 0.536. The van der Waals surface area contributed by atoms with Crippen LogP contribution in [0.5, 0.6) is 0 Å². The van der Waals surface area contributed by atoms with Crippen molar-refractivity contribution in [3.05, 3.63) is 0 Å². The highest BCUT2D eigenvalue weighted by Crippen LogP contribution is 1.88. The summed E-state index contributed by atoms with van der Waals surface area (Å²) in [5.74, 6) is 0. The van der Waals surface area contributed by atoms with E-state index in [-0.39, 0.29) is 0 Å². The van der Waals surface area contributed by atoms with Gasteiger partial charge in [-0.05, 0) is 0 Å². The van der Waals surface area contributed by atoms with E-state index in [0.717, 1.165) is 0 Å². The molecule has 0 aliphatic carbocycles. The summed E-state index contributed by atoms with van der Waals surface area (Å²) in [7, 11) is -1.87. The van der Waals surface area contributed by atoms with Gasteiger partial charge in [0, 0.05) is 12.5 Å². The van der Waals surface area contributed by atoms with Crippen molar-refractivity contribution in [1.82, 2.24) is 0 Å². The van der Waals surface area contributed by atoms with Gasteiger partial charge in [0.25, 0.3) is 0 Å². The van der Waals surface area contributed by atoms with E-state index < -0.39 is 9.73 Å². The van der Waals surface area contributed by atoms with Gasteiger partial charge in [0.15, 0.2) is 0 Å². The van der Waals surface area contributed by atoms with Gasteiger partial charge >= 0.3 is 0 Å². The van der Waals surface area contributed by atoms with Crippen LogP contribution in [0.15, 0.2) is 3.39 Å². The van der Waals surface area contributed by atoms with Crippen LogP contribution in [0.2, 0.25) is 0 Å². The van der Waals surface area contributed by atoms with Crippen molar-refractivity contribution in [2.45, 2.75) is 0 Å². The predicted molar refractivity (Wildman–Crippen MR) is 31.3 cm³/mol. The van der Waals surface area contributed by atoms with Crippen LogP contribution in [0.3, 0.4) is 0 Å². The third-order valence-corrected chi connectivity index (χ3v) is 2.59. The molecule has 0 atom stereocenters. The van der Waals surface area contributed by atoms with Crippen LogP contribution >= 0.6 is 16.1 Å². The Bertz CT molecular complexity index is 126. The fourth-order valence-corrected chi connectivity index (χ4v) is 0. The molecule has 0 unspecified atom stereocenters. The third kappa shape index (κ3) is 4.43. The van der Waals surface area contributed by atoms with Crippen molar-refractivity contribution < 1.29 is 4.21 Å². The molecular weight excluding hydrogens is 166 g/mol. The lowest BCUT2D eigenvalue weighted by atomic mass is 11.9. The molecule has 0 aliphatic rings. The molecule has 38 valence electrons. The van der Waals surface area contributed by atoms with Gasteiger partial charge in [0.2, 0.25) is 0 Å². The van der Waals surface area contributed by atoms with Crippen molar-refractivity contribution in [1.29, 1.82) is 0 Å². The number of nitrogens with zero attached hydrogens (tertiary/aromatic N) is 1. The molecule has 0 aromatic rings. The maximum Gasteiger partial charge on any atom is 0.0849 e. The summed E-state index contributed by atoms with van der Waals surface area (Å²) < 4.78 is 13.7. The van der Waals surface area contributed by atoms with E-state index in [1.165, 1.54) is 0 Å². The first-order valence-corrected chi connectivity index (χ1v) is 4.38. The number of halogens is 1. The number of rotatable bonds is 0. The molecule has 0 rings (SSSR count). The van der Waals surface area contributed by atoms with Gasteiger partial charge in [0.1, 0.15) is 0 Å². The minimum atomic E-state index is -1.87. The van der Waals surface area contributed by atoms with Crippen molar-refractivity contribution in [2.24, 2.45) is 3.39 Å². The predicted octanol–water partition coefficient (Wildman–Crippen LogP) is 1.02. The third-order valence-electron chi connectivity index (χ3n) is 0.166. The van der Waals surface area contributed by atoms with Crippen LogP contribution in [-0.4, -0.2) is 16.7 Å². The first-order valence-electron chi connectivity index (χ1n) is 1.33. The summed E-state index contributed by atoms with van der Waals surface area (Å²) in [6, 6.07) is 0. The molecule has 0 bridgehead atoms. The van der Waals surface area contributed by atoms with Crippen LogP contribution in [0.4, 0.5) is 0 Å². The first kappa shape index (κ1) is 6.43. The van der Waals surface area contributed by atoms with E-state index in [4.69, 9.17) is 0 Å². The normalized spacial score (nSPS) is 11.2. The first-order chi connectivity index (χ1) is 2.56. The molecule has 0 aromatic heterocycles. The molecule has 0 radical (unpaired) electrons. The Hall–Kier alpha value is 0.430. The van der Waals surface area contributed by atoms with E-state index in [0.29, 0.717) is 0 Å². The van der Waals surface area contributed by atoms with Crippen molar-refractivity contribution in [3.63, 3.8) is 0 Å². The van der Waals surface area contributed by atoms with Crippen molar-refractivity contribution in [3.8, 4) is 0 Å². The van der Waals surface area contributed by atoms with Crippen molar-refractivity contribution in [2.75, 3.05) is 12.5 Å². The molecule has 0 saturated carbocycles. The van der Waals surface area contributed by atoms with Gasteiger partial charge in [-0.3, -0.25) is 0 Å². The summed E-state index contributed by atoms with van der Waals surface area (Å²) in [6.45, 7) is 0. The molecule has 0 spiro atoms. The highest BCUT2D eigenvalue weighted by molar-refractivity contribution is 9.09. The minimum absolute atomic E-state index is 1.56. The zero-order chi connectivity index (χ0) is 5.21. The Kier molecular flexibility index (Phi) is 2.07. The molecule has 0 aromatic carbocycles. The lowest BCUT2D eigenvalue weighted by molar-refractivity contribution is 0.685. The van der Waals surface area contributed by atoms with Crippen LogP contribution < -0.4 is 0 Å². The Morgan fingerprint density at radius 3 is 1.83 bits per heavy atom.